The number of pyridine rings is 1. The van der Waals surface area contributed by atoms with E-state index in [0.29, 0.717) is 11.5 Å². The summed E-state index contributed by atoms with van der Waals surface area (Å²) in [6, 6.07) is 5.41. The van der Waals surface area contributed by atoms with E-state index in [2.05, 4.69) is 26.2 Å². The number of fused-ring (bicyclic) bond motifs is 1. The van der Waals surface area contributed by atoms with Gasteiger partial charge in [-0.05, 0) is 28.1 Å². The number of rotatable bonds is 3. The predicted octanol–water partition coefficient (Wildman–Crippen LogP) is 2.08. The van der Waals surface area contributed by atoms with E-state index in [1.54, 1.807) is 18.3 Å². The lowest BCUT2D eigenvalue weighted by Gasteiger charge is -2.08. The molecule has 2 aromatic rings. The molecule has 1 aromatic heterocycles. The second kappa shape index (κ2) is 4.58. The molecule has 0 radical (unpaired) electrons. The van der Waals surface area contributed by atoms with Gasteiger partial charge in [-0.1, -0.05) is 6.07 Å². The minimum Gasteiger partial charge on any atom is -0.480 e. The molecule has 5 nitrogen and oxygen atoms in total. The molecule has 0 aliphatic heterocycles. The number of halogens is 1. The fraction of sp³-hybridized carbons (Fsp3) is 0.0909. The molecule has 1 aromatic carbocycles. The monoisotopic (exact) mass is 295 g/mol. The summed E-state index contributed by atoms with van der Waals surface area (Å²) in [6.45, 7) is -0.182. The highest BCUT2D eigenvalue weighted by molar-refractivity contribution is 9.10. The molecular formula is C11H10BrN3O2. The van der Waals surface area contributed by atoms with Gasteiger partial charge in [-0.3, -0.25) is 4.79 Å². The van der Waals surface area contributed by atoms with Crippen LogP contribution in [0.4, 0.5) is 11.5 Å². The minimum atomic E-state index is -0.938. The van der Waals surface area contributed by atoms with Crippen LogP contribution in [0.3, 0.4) is 0 Å². The Morgan fingerprint density at radius 1 is 1.47 bits per heavy atom. The van der Waals surface area contributed by atoms with Crippen LogP contribution >= 0.6 is 15.9 Å². The van der Waals surface area contributed by atoms with Crippen molar-refractivity contribution in [2.75, 3.05) is 17.6 Å². The van der Waals surface area contributed by atoms with Crippen LogP contribution in [0.15, 0.2) is 28.9 Å². The third-order valence-corrected chi connectivity index (χ3v) is 2.90. The number of anilines is 2. The van der Waals surface area contributed by atoms with Gasteiger partial charge in [0, 0.05) is 27.1 Å². The highest BCUT2D eigenvalue weighted by Crippen LogP contribution is 2.29. The van der Waals surface area contributed by atoms with Crippen molar-refractivity contribution in [1.29, 1.82) is 0 Å². The SMILES string of the molecule is Nc1ccc2c(Br)cnc(NCC(=O)O)c2c1. The number of aliphatic carboxylic acids is 1. The summed E-state index contributed by atoms with van der Waals surface area (Å²) in [5.41, 5.74) is 6.32. The summed E-state index contributed by atoms with van der Waals surface area (Å²) < 4.78 is 0.841. The average molecular weight is 296 g/mol. The third kappa shape index (κ3) is 2.47. The molecule has 4 N–H and O–H groups in total. The molecule has 0 saturated carbocycles. The number of carbonyl (C=O) groups is 1. The first kappa shape index (κ1) is 11.7. The number of nitrogens with two attached hydrogens (primary N) is 1. The molecule has 0 saturated heterocycles. The van der Waals surface area contributed by atoms with E-state index in [9.17, 15) is 4.79 Å². The Morgan fingerprint density at radius 3 is 2.94 bits per heavy atom. The standard InChI is InChI=1S/C11H10BrN3O2/c12-9-4-14-11(15-5-10(16)17)8-3-6(13)1-2-7(8)9/h1-4H,5,13H2,(H,14,15)(H,16,17). The van der Waals surface area contributed by atoms with E-state index in [-0.39, 0.29) is 6.54 Å². The second-order valence-electron chi connectivity index (χ2n) is 3.51. The summed E-state index contributed by atoms with van der Waals surface area (Å²) in [6.07, 6.45) is 1.63. The number of carboxylic acid groups (broad SMARTS) is 1. The Kier molecular flexibility index (Phi) is 3.14. The molecule has 0 spiro atoms. The second-order valence-corrected chi connectivity index (χ2v) is 4.36. The van der Waals surface area contributed by atoms with Crippen LogP contribution in [0.2, 0.25) is 0 Å². The number of nitrogens with one attached hydrogen (secondary N) is 1. The van der Waals surface area contributed by atoms with Crippen LogP contribution < -0.4 is 11.1 Å². The summed E-state index contributed by atoms with van der Waals surface area (Å²) >= 11 is 3.39. The first-order valence-electron chi connectivity index (χ1n) is 4.87. The maximum atomic E-state index is 10.5. The molecule has 2 rings (SSSR count). The van der Waals surface area contributed by atoms with Gasteiger partial charge in [-0.25, -0.2) is 4.98 Å². The van der Waals surface area contributed by atoms with Crippen LogP contribution in [0.5, 0.6) is 0 Å². The van der Waals surface area contributed by atoms with Crippen molar-refractivity contribution in [3.8, 4) is 0 Å². The summed E-state index contributed by atoms with van der Waals surface area (Å²) in [5.74, 6) is -0.426. The van der Waals surface area contributed by atoms with Crippen LogP contribution in [0, 0.1) is 0 Å². The van der Waals surface area contributed by atoms with Crippen LogP contribution in [-0.2, 0) is 4.79 Å². The molecule has 1 heterocycles. The lowest BCUT2D eigenvalue weighted by atomic mass is 10.1. The van der Waals surface area contributed by atoms with Gasteiger partial charge in [0.2, 0.25) is 0 Å². The lowest BCUT2D eigenvalue weighted by Crippen LogP contribution is -2.13. The Labute approximate surface area is 106 Å². The molecule has 17 heavy (non-hydrogen) atoms. The van der Waals surface area contributed by atoms with Crippen molar-refractivity contribution < 1.29 is 9.90 Å². The summed E-state index contributed by atoms with van der Waals surface area (Å²) in [5, 5.41) is 13.1. The molecule has 88 valence electrons. The van der Waals surface area contributed by atoms with E-state index in [1.165, 1.54) is 0 Å². The molecule has 0 aliphatic carbocycles. The van der Waals surface area contributed by atoms with Gasteiger partial charge in [0.25, 0.3) is 0 Å². The van der Waals surface area contributed by atoms with Crippen molar-refractivity contribution in [2.45, 2.75) is 0 Å². The summed E-state index contributed by atoms with van der Waals surface area (Å²) in [7, 11) is 0. The number of aromatic nitrogens is 1. The zero-order chi connectivity index (χ0) is 12.4. The first-order valence-corrected chi connectivity index (χ1v) is 5.66. The van der Waals surface area contributed by atoms with E-state index in [4.69, 9.17) is 10.8 Å². The Bertz CT molecular complexity index is 586. The third-order valence-electron chi connectivity index (χ3n) is 2.27. The lowest BCUT2D eigenvalue weighted by molar-refractivity contribution is -0.134. The van der Waals surface area contributed by atoms with E-state index in [1.807, 2.05) is 6.07 Å². The maximum absolute atomic E-state index is 10.5. The number of benzene rings is 1. The normalized spacial score (nSPS) is 10.4. The molecule has 0 bridgehead atoms. The Morgan fingerprint density at radius 2 is 2.24 bits per heavy atom. The van der Waals surface area contributed by atoms with Gasteiger partial charge in [-0.2, -0.15) is 0 Å². The maximum Gasteiger partial charge on any atom is 0.322 e. The summed E-state index contributed by atoms with van der Waals surface area (Å²) in [4.78, 5) is 14.7. The van der Waals surface area contributed by atoms with E-state index in [0.717, 1.165) is 15.2 Å². The molecule has 0 fully saturated rings. The highest BCUT2D eigenvalue weighted by atomic mass is 79.9. The first-order chi connectivity index (χ1) is 8.08. The fourth-order valence-corrected chi connectivity index (χ4v) is 1.97. The smallest absolute Gasteiger partial charge is 0.322 e. The fourth-order valence-electron chi connectivity index (χ4n) is 1.53. The van der Waals surface area contributed by atoms with E-state index >= 15 is 0 Å². The Balaban J connectivity index is 2.52. The minimum absolute atomic E-state index is 0.182. The molecule has 0 amide bonds. The van der Waals surface area contributed by atoms with Gasteiger partial charge < -0.3 is 16.2 Å². The van der Waals surface area contributed by atoms with Gasteiger partial charge in [0.1, 0.15) is 12.4 Å². The number of nitrogens with zero attached hydrogens (tertiary/aromatic N) is 1. The number of hydrogen-bond acceptors (Lipinski definition) is 4. The van der Waals surface area contributed by atoms with Crippen molar-refractivity contribution >= 4 is 44.2 Å². The van der Waals surface area contributed by atoms with Crippen molar-refractivity contribution in [1.82, 2.24) is 4.98 Å². The van der Waals surface area contributed by atoms with Gasteiger partial charge >= 0.3 is 5.97 Å². The average Bonchev–Trinajstić information content (AvgIpc) is 2.28. The van der Waals surface area contributed by atoms with Crippen LogP contribution in [0.25, 0.3) is 10.8 Å². The molecular weight excluding hydrogens is 286 g/mol. The van der Waals surface area contributed by atoms with Gasteiger partial charge in [-0.15, -0.1) is 0 Å². The zero-order valence-corrected chi connectivity index (χ0v) is 10.4. The van der Waals surface area contributed by atoms with Crippen molar-refractivity contribution in [3.05, 3.63) is 28.9 Å². The number of carboxylic acids is 1. The van der Waals surface area contributed by atoms with Gasteiger partial charge in [0.15, 0.2) is 0 Å². The molecule has 6 heteroatoms. The molecule has 0 atom stereocenters. The van der Waals surface area contributed by atoms with Crippen LogP contribution in [-0.4, -0.2) is 22.6 Å². The molecule has 0 aliphatic rings. The van der Waals surface area contributed by atoms with Gasteiger partial charge in [0.05, 0.1) is 0 Å². The molecule has 0 unspecified atom stereocenters. The predicted molar refractivity (Wildman–Crippen MR) is 70.0 cm³/mol. The zero-order valence-electron chi connectivity index (χ0n) is 8.77. The van der Waals surface area contributed by atoms with Crippen LogP contribution in [0.1, 0.15) is 0 Å². The number of hydrogen-bond donors (Lipinski definition) is 3. The van der Waals surface area contributed by atoms with E-state index < -0.39 is 5.97 Å². The van der Waals surface area contributed by atoms with Crippen molar-refractivity contribution in [2.24, 2.45) is 0 Å². The highest BCUT2D eigenvalue weighted by Gasteiger charge is 2.07. The quantitative estimate of drug-likeness (QED) is 0.755. The van der Waals surface area contributed by atoms with Crippen molar-refractivity contribution in [3.63, 3.8) is 0 Å². The largest absolute Gasteiger partial charge is 0.480 e. The Hall–Kier alpha value is -1.82. The topological polar surface area (TPSA) is 88.2 Å². The number of nitrogen functional groups attached to an aromatic ring is 1.